The zero-order valence-electron chi connectivity index (χ0n) is 11.2. The Bertz CT molecular complexity index is 533. The van der Waals surface area contributed by atoms with Crippen LogP contribution in [0, 0.1) is 0 Å². The molecule has 8 heteroatoms. The van der Waals surface area contributed by atoms with Crippen molar-refractivity contribution in [1.29, 1.82) is 0 Å². The second-order valence-electron chi connectivity index (χ2n) is 4.69. The summed E-state index contributed by atoms with van der Waals surface area (Å²) in [5, 5.41) is 18.9. The van der Waals surface area contributed by atoms with Gasteiger partial charge in [-0.05, 0) is 13.8 Å². The van der Waals surface area contributed by atoms with Gasteiger partial charge in [0.1, 0.15) is 12.2 Å². The molecule has 1 aromatic heterocycles. The van der Waals surface area contributed by atoms with Crippen LogP contribution in [0.3, 0.4) is 0 Å². The van der Waals surface area contributed by atoms with E-state index in [0.29, 0.717) is 0 Å². The van der Waals surface area contributed by atoms with Crippen molar-refractivity contribution in [3.8, 4) is 6.01 Å². The first-order valence-electron chi connectivity index (χ1n) is 6.27. The van der Waals surface area contributed by atoms with Crippen molar-refractivity contribution in [2.24, 2.45) is 0 Å². The molecule has 2 heterocycles. The van der Waals surface area contributed by atoms with E-state index in [4.69, 9.17) is 14.6 Å². The van der Waals surface area contributed by atoms with E-state index >= 15 is 0 Å². The molecule has 2 rings (SSSR count). The number of aliphatic hydroxyl groups is 2. The Labute approximate surface area is 114 Å². The van der Waals surface area contributed by atoms with Gasteiger partial charge < -0.3 is 19.7 Å². The van der Waals surface area contributed by atoms with Crippen LogP contribution in [0.25, 0.3) is 0 Å². The summed E-state index contributed by atoms with van der Waals surface area (Å²) >= 11 is 0. The van der Waals surface area contributed by atoms with E-state index in [-0.39, 0.29) is 12.6 Å². The highest BCUT2D eigenvalue weighted by Gasteiger charge is 2.55. The van der Waals surface area contributed by atoms with Gasteiger partial charge in [0, 0.05) is 12.3 Å². The molecule has 4 atom stereocenters. The van der Waals surface area contributed by atoms with Gasteiger partial charge in [-0.3, -0.25) is 9.36 Å². The van der Waals surface area contributed by atoms with Gasteiger partial charge >= 0.3 is 6.01 Å². The highest BCUT2D eigenvalue weighted by atomic mass is 19.1. The molecule has 0 saturated carbocycles. The van der Waals surface area contributed by atoms with Crippen LogP contribution in [-0.2, 0) is 4.74 Å². The fourth-order valence-corrected chi connectivity index (χ4v) is 2.17. The van der Waals surface area contributed by atoms with Crippen molar-refractivity contribution in [1.82, 2.24) is 9.55 Å². The van der Waals surface area contributed by atoms with Crippen molar-refractivity contribution in [3.63, 3.8) is 0 Å². The molecule has 2 unspecified atom stereocenters. The molecule has 7 nitrogen and oxygen atoms in total. The number of ether oxygens (including phenoxy) is 2. The number of halogens is 1. The molecule has 0 aromatic carbocycles. The van der Waals surface area contributed by atoms with Gasteiger partial charge in [-0.25, -0.2) is 4.39 Å². The Kier molecular flexibility index (Phi) is 4.07. The topological polar surface area (TPSA) is 93.8 Å². The fourth-order valence-electron chi connectivity index (χ4n) is 2.17. The number of hydrogen-bond donors (Lipinski definition) is 2. The first-order chi connectivity index (χ1) is 9.41. The maximum absolute atomic E-state index is 14.6. The zero-order valence-corrected chi connectivity index (χ0v) is 11.2. The van der Waals surface area contributed by atoms with Crippen LogP contribution in [0.4, 0.5) is 4.39 Å². The largest absolute Gasteiger partial charge is 0.465 e. The average molecular weight is 288 g/mol. The third-order valence-electron chi connectivity index (χ3n) is 3.23. The SMILES string of the molecule is CCOc1nc(=O)ccn1[C@@H]1OC(CO)[C@H](O)C1(C)F. The number of rotatable bonds is 4. The number of aromatic nitrogens is 2. The maximum atomic E-state index is 14.6. The van der Waals surface area contributed by atoms with Crippen LogP contribution >= 0.6 is 0 Å². The van der Waals surface area contributed by atoms with Gasteiger partial charge in [0.25, 0.3) is 5.56 Å². The Morgan fingerprint density at radius 3 is 2.90 bits per heavy atom. The van der Waals surface area contributed by atoms with E-state index in [0.717, 1.165) is 13.0 Å². The standard InChI is InChI=1S/C12H17FN2O5/c1-3-19-11-14-8(17)4-5-15(11)10-12(2,13)9(18)7(6-16)20-10/h4-5,7,9-10,16,18H,3,6H2,1-2H3/t7?,9-,10+,12?/m0/s1. The average Bonchev–Trinajstić information content (AvgIpc) is 2.62. The molecule has 0 spiro atoms. The molecular weight excluding hydrogens is 271 g/mol. The van der Waals surface area contributed by atoms with E-state index in [1.54, 1.807) is 6.92 Å². The Morgan fingerprint density at radius 2 is 2.35 bits per heavy atom. The normalized spacial score (nSPS) is 33.4. The summed E-state index contributed by atoms with van der Waals surface area (Å²) in [5.74, 6) is 0. The minimum Gasteiger partial charge on any atom is -0.465 e. The summed E-state index contributed by atoms with van der Waals surface area (Å²) in [6.07, 6.45) is -2.51. The lowest BCUT2D eigenvalue weighted by Crippen LogP contribution is -2.40. The first-order valence-corrected chi connectivity index (χ1v) is 6.27. The molecule has 112 valence electrons. The van der Waals surface area contributed by atoms with E-state index in [2.05, 4.69) is 4.98 Å². The number of hydrogen-bond acceptors (Lipinski definition) is 6. The first kappa shape index (κ1) is 14.9. The van der Waals surface area contributed by atoms with Crippen molar-refractivity contribution in [2.75, 3.05) is 13.2 Å². The third kappa shape index (κ3) is 2.41. The lowest BCUT2D eigenvalue weighted by Gasteiger charge is -2.26. The van der Waals surface area contributed by atoms with Crippen molar-refractivity contribution < 1.29 is 24.1 Å². The monoisotopic (exact) mass is 288 g/mol. The summed E-state index contributed by atoms with van der Waals surface area (Å²) in [4.78, 5) is 14.9. The van der Waals surface area contributed by atoms with E-state index in [9.17, 15) is 14.3 Å². The molecule has 1 aromatic rings. The molecule has 1 saturated heterocycles. The van der Waals surface area contributed by atoms with Gasteiger partial charge in [-0.1, -0.05) is 0 Å². The Morgan fingerprint density at radius 1 is 1.65 bits per heavy atom. The summed E-state index contributed by atoms with van der Waals surface area (Å²) < 4.78 is 26.3. The van der Waals surface area contributed by atoms with Gasteiger partial charge in [-0.2, -0.15) is 4.98 Å². The quantitative estimate of drug-likeness (QED) is 0.784. The molecule has 0 bridgehead atoms. The second kappa shape index (κ2) is 5.47. The fraction of sp³-hybridized carbons (Fsp3) is 0.667. The summed E-state index contributed by atoms with van der Waals surface area (Å²) in [6.45, 7) is 2.57. The predicted octanol–water partition coefficient (Wildman–Crippen LogP) is -0.379. The minimum atomic E-state index is -2.16. The van der Waals surface area contributed by atoms with E-state index in [1.807, 2.05) is 0 Å². The van der Waals surface area contributed by atoms with Crippen LogP contribution < -0.4 is 10.3 Å². The molecular formula is C12H17FN2O5. The Balaban J connectivity index is 2.43. The van der Waals surface area contributed by atoms with Crippen molar-refractivity contribution in [3.05, 3.63) is 22.6 Å². The van der Waals surface area contributed by atoms with Crippen LogP contribution in [0.5, 0.6) is 6.01 Å². The highest BCUT2D eigenvalue weighted by Crippen LogP contribution is 2.42. The van der Waals surface area contributed by atoms with Gasteiger partial charge in [0.2, 0.25) is 0 Å². The maximum Gasteiger partial charge on any atom is 0.301 e. The highest BCUT2D eigenvalue weighted by molar-refractivity contribution is 5.07. The molecule has 0 amide bonds. The van der Waals surface area contributed by atoms with Gasteiger partial charge in [0.15, 0.2) is 11.9 Å². The van der Waals surface area contributed by atoms with Crippen molar-refractivity contribution in [2.45, 2.75) is 38.0 Å². The third-order valence-corrected chi connectivity index (χ3v) is 3.23. The molecule has 1 fully saturated rings. The smallest absolute Gasteiger partial charge is 0.301 e. The van der Waals surface area contributed by atoms with Crippen LogP contribution in [0.2, 0.25) is 0 Å². The molecule has 0 aliphatic carbocycles. The zero-order chi connectivity index (χ0) is 14.9. The van der Waals surface area contributed by atoms with Gasteiger partial charge in [0.05, 0.1) is 13.2 Å². The van der Waals surface area contributed by atoms with E-state index < -0.39 is 36.3 Å². The molecule has 2 N–H and O–H groups in total. The number of nitrogens with zero attached hydrogens (tertiary/aromatic N) is 2. The second-order valence-corrected chi connectivity index (χ2v) is 4.69. The summed E-state index contributed by atoms with van der Waals surface area (Å²) in [6, 6.07) is 1.04. The van der Waals surface area contributed by atoms with E-state index in [1.165, 1.54) is 10.8 Å². The molecule has 1 aliphatic heterocycles. The minimum absolute atomic E-state index is 0.0975. The van der Waals surface area contributed by atoms with Crippen LogP contribution in [0.1, 0.15) is 20.1 Å². The molecule has 1 aliphatic rings. The van der Waals surface area contributed by atoms with Crippen LogP contribution in [-0.4, -0.2) is 50.9 Å². The predicted molar refractivity (Wildman–Crippen MR) is 66.2 cm³/mol. The molecule has 0 radical (unpaired) electrons. The lowest BCUT2D eigenvalue weighted by atomic mass is 9.98. The van der Waals surface area contributed by atoms with Crippen LogP contribution in [0.15, 0.2) is 17.1 Å². The summed E-state index contributed by atoms with van der Waals surface area (Å²) in [7, 11) is 0. The summed E-state index contributed by atoms with van der Waals surface area (Å²) in [5.41, 5.74) is -2.68. The lowest BCUT2D eigenvalue weighted by molar-refractivity contribution is -0.0632. The molecule has 20 heavy (non-hydrogen) atoms. The van der Waals surface area contributed by atoms with Gasteiger partial charge in [-0.15, -0.1) is 0 Å². The Hall–Kier alpha value is -1.51. The number of aliphatic hydroxyl groups excluding tert-OH is 2. The number of alkyl halides is 1. The van der Waals surface area contributed by atoms with Crippen molar-refractivity contribution >= 4 is 0 Å².